The predicted octanol–water partition coefficient (Wildman–Crippen LogP) is 2.37. The average Bonchev–Trinajstić information content (AvgIpc) is 2.67. The highest BCUT2D eigenvalue weighted by molar-refractivity contribution is 5.58. The highest BCUT2D eigenvalue weighted by Gasteiger charge is 2.01. The molecule has 2 aromatic rings. The molecule has 1 heterocycles. The molecule has 2 heteroatoms. The maximum atomic E-state index is 4.01. The molecule has 0 aliphatic heterocycles. The van der Waals surface area contributed by atoms with Crippen molar-refractivity contribution in [2.24, 2.45) is 0 Å². The van der Waals surface area contributed by atoms with E-state index in [4.69, 9.17) is 0 Å². The highest BCUT2D eigenvalue weighted by atomic mass is 15.0. The lowest BCUT2D eigenvalue weighted by atomic mass is 10.2. The van der Waals surface area contributed by atoms with Gasteiger partial charge in [0.1, 0.15) is 0 Å². The number of hydrogen-bond donors (Lipinski definition) is 0. The van der Waals surface area contributed by atoms with Crippen LogP contribution in [-0.2, 0) is 6.54 Å². The van der Waals surface area contributed by atoms with Crippen molar-refractivity contribution >= 4 is 0 Å². The van der Waals surface area contributed by atoms with Gasteiger partial charge in [0.2, 0.25) is 0 Å². The van der Waals surface area contributed by atoms with Gasteiger partial charge in [-0.3, -0.25) is 0 Å². The zero-order valence-corrected chi connectivity index (χ0v) is 7.57. The summed E-state index contributed by atoms with van der Waals surface area (Å²) >= 11 is 0. The van der Waals surface area contributed by atoms with Crippen LogP contribution in [0.5, 0.6) is 0 Å². The van der Waals surface area contributed by atoms with Crippen LogP contribution in [-0.4, -0.2) is 9.55 Å². The SMILES string of the molecule is CCn1[c]ncc1-c1ccccc1. The van der Waals surface area contributed by atoms with Crippen LogP contribution in [0.4, 0.5) is 0 Å². The van der Waals surface area contributed by atoms with Crippen molar-refractivity contribution in [2.75, 3.05) is 0 Å². The first-order valence-electron chi connectivity index (χ1n) is 4.40. The average molecular weight is 171 g/mol. The van der Waals surface area contributed by atoms with E-state index in [-0.39, 0.29) is 0 Å². The van der Waals surface area contributed by atoms with Crippen molar-refractivity contribution in [1.82, 2.24) is 9.55 Å². The summed E-state index contributed by atoms with van der Waals surface area (Å²) in [6, 6.07) is 10.2. The molecule has 0 spiro atoms. The Morgan fingerprint density at radius 2 is 2.08 bits per heavy atom. The van der Waals surface area contributed by atoms with Crippen molar-refractivity contribution in [3.8, 4) is 11.3 Å². The molecule has 0 bridgehead atoms. The first kappa shape index (κ1) is 8.05. The molecule has 1 aromatic carbocycles. The quantitative estimate of drug-likeness (QED) is 0.678. The molecule has 0 atom stereocenters. The van der Waals surface area contributed by atoms with Gasteiger partial charge in [0.05, 0.1) is 11.9 Å². The normalized spacial score (nSPS) is 10.2. The van der Waals surface area contributed by atoms with Gasteiger partial charge < -0.3 is 4.57 Å². The van der Waals surface area contributed by atoms with Crippen molar-refractivity contribution in [3.05, 3.63) is 42.9 Å². The van der Waals surface area contributed by atoms with Gasteiger partial charge in [-0.15, -0.1) is 0 Å². The third-order valence-electron chi connectivity index (χ3n) is 2.04. The highest BCUT2D eigenvalue weighted by Crippen LogP contribution is 2.17. The van der Waals surface area contributed by atoms with E-state index in [1.54, 1.807) is 0 Å². The standard InChI is InChI=1S/C11H11N2/c1-2-13-9-12-8-11(13)10-6-4-3-5-7-10/h3-8H,2H2,1H3. The molecule has 0 amide bonds. The topological polar surface area (TPSA) is 17.8 Å². The Kier molecular flexibility index (Phi) is 2.13. The zero-order chi connectivity index (χ0) is 9.10. The molecule has 0 N–H and O–H groups in total. The molecule has 1 radical (unpaired) electrons. The van der Waals surface area contributed by atoms with Gasteiger partial charge in [-0.05, 0) is 12.5 Å². The van der Waals surface area contributed by atoms with Crippen LogP contribution < -0.4 is 0 Å². The summed E-state index contributed by atoms with van der Waals surface area (Å²) < 4.78 is 2.01. The van der Waals surface area contributed by atoms with Crippen molar-refractivity contribution < 1.29 is 0 Å². The zero-order valence-electron chi connectivity index (χ0n) is 7.57. The van der Waals surface area contributed by atoms with Crippen LogP contribution in [0, 0.1) is 6.33 Å². The summed E-state index contributed by atoms with van der Waals surface area (Å²) in [6.45, 7) is 2.99. The van der Waals surface area contributed by atoms with E-state index in [9.17, 15) is 0 Å². The van der Waals surface area contributed by atoms with Gasteiger partial charge in [0.25, 0.3) is 0 Å². The van der Waals surface area contributed by atoms with Crippen LogP contribution >= 0.6 is 0 Å². The Morgan fingerprint density at radius 1 is 1.31 bits per heavy atom. The first-order chi connectivity index (χ1) is 6.42. The third kappa shape index (κ3) is 1.47. The Hall–Kier alpha value is -1.57. The molecule has 0 saturated carbocycles. The van der Waals surface area contributed by atoms with Crippen LogP contribution in [0.2, 0.25) is 0 Å². The van der Waals surface area contributed by atoms with Crippen molar-refractivity contribution in [2.45, 2.75) is 13.5 Å². The van der Waals surface area contributed by atoms with Gasteiger partial charge in [-0.25, -0.2) is 4.98 Å². The number of aryl methyl sites for hydroxylation is 1. The van der Waals surface area contributed by atoms with Crippen LogP contribution in [0.15, 0.2) is 36.5 Å². The Balaban J connectivity index is 2.47. The van der Waals surface area contributed by atoms with Crippen LogP contribution in [0.3, 0.4) is 0 Å². The summed E-state index contributed by atoms with van der Waals surface area (Å²) in [5.74, 6) is 0. The first-order valence-corrected chi connectivity index (χ1v) is 4.40. The molecular formula is C11H11N2. The monoisotopic (exact) mass is 171 g/mol. The number of aromatic nitrogens is 2. The summed E-state index contributed by atoms with van der Waals surface area (Å²) in [6.07, 6.45) is 4.77. The lowest BCUT2D eigenvalue weighted by molar-refractivity contribution is 0.762. The van der Waals surface area contributed by atoms with E-state index in [1.165, 1.54) is 5.56 Å². The Labute approximate surface area is 77.9 Å². The molecule has 13 heavy (non-hydrogen) atoms. The maximum absolute atomic E-state index is 4.01. The fourth-order valence-electron chi connectivity index (χ4n) is 1.36. The lowest BCUT2D eigenvalue weighted by Crippen LogP contribution is -1.94. The van der Waals surface area contributed by atoms with Crippen LogP contribution in [0.25, 0.3) is 11.3 Å². The lowest BCUT2D eigenvalue weighted by Gasteiger charge is -2.03. The number of hydrogen-bond acceptors (Lipinski definition) is 1. The number of rotatable bonds is 2. The molecular weight excluding hydrogens is 160 g/mol. The van der Waals surface area contributed by atoms with E-state index in [1.807, 2.05) is 29.0 Å². The minimum Gasteiger partial charge on any atom is -0.322 e. The van der Waals surface area contributed by atoms with E-state index in [0.717, 1.165) is 12.2 Å². The van der Waals surface area contributed by atoms with E-state index >= 15 is 0 Å². The minimum atomic E-state index is 0.907. The van der Waals surface area contributed by atoms with E-state index < -0.39 is 0 Å². The van der Waals surface area contributed by atoms with E-state index in [0.29, 0.717) is 0 Å². The fourth-order valence-corrected chi connectivity index (χ4v) is 1.36. The summed E-state index contributed by atoms with van der Waals surface area (Å²) in [5.41, 5.74) is 2.32. The molecule has 65 valence electrons. The molecule has 2 nitrogen and oxygen atoms in total. The molecule has 0 fully saturated rings. The number of nitrogens with zero attached hydrogens (tertiary/aromatic N) is 2. The van der Waals surface area contributed by atoms with Gasteiger partial charge in [-0.2, -0.15) is 0 Å². The third-order valence-corrected chi connectivity index (χ3v) is 2.04. The molecule has 0 saturated heterocycles. The minimum absolute atomic E-state index is 0.907. The number of imidazole rings is 1. The smallest absolute Gasteiger partial charge is 0.176 e. The second kappa shape index (κ2) is 3.44. The summed E-state index contributed by atoms with van der Waals surface area (Å²) in [5, 5.41) is 0. The second-order valence-corrected chi connectivity index (χ2v) is 2.85. The van der Waals surface area contributed by atoms with Gasteiger partial charge in [0, 0.05) is 6.54 Å². The van der Waals surface area contributed by atoms with E-state index in [2.05, 4.69) is 30.4 Å². The fraction of sp³-hybridized carbons (Fsp3) is 0.182. The van der Waals surface area contributed by atoms with Crippen LogP contribution in [0.1, 0.15) is 6.92 Å². The Morgan fingerprint density at radius 3 is 2.77 bits per heavy atom. The molecule has 0 aliphatic rings. The molecule has 0 aliphatic carbocycles. The maximum Gasteiger partial charge on any atom is 0.176 e. The molecule has 1 aromatic heterocycles. The predicted molar refractivity (Wildman–Crippen MR) is 52.2 cm³/mol. The van der Waals surface area contributed by atoms with Gasteiger partial charge >= 0.3 is 0 Å². The Bertz CT molecular complexity index is 376. The van der Waals surface area contributed by atoms with Crippen molar-refractivity contribution in [3.63, 3.8) is 0 Å². The molecule has 2 rings (SSSR count). The number of benzene rings is 1. The summed E-state index contributed by atoms with van der Waals surface area (Å²) in [7, 11) is 0. The largest absolute Gasteiger partial charge is 0.322 e. The van der Waals surface area contributed by atoms with Crippen molar-refractivity contribution in [1.29, 1.82) is 0 Å². The van der Waals surface area contributed by atoms with Gasteiger partial charge in [0.15, 0.2) is 6.33 Å². The van der Waals surface area contributed by atoms with Gasteiger partial charge in [-0.1, -0.05) is 30.3 Å². The molecule has 0 unspecified atom stereocenters. The second-order valence-electron chi connectivity index (χ2n) is 2.85. The summed E-state index contributed by atoms with van der Waals surface area (Å²) in [4.78, 5) is 4.01.